The molecule has 0 spiro atoms. The van der Waals surface area contributed by atoms with Gasteiger partial charge in [-0.3, -0.25) is 0 Å². The Hall–Kier alpha value is 0.350. The van der Waals surface area contributed by atoms with E-state index in [4.69, 9.17) is 12.6 Å². The Morgan fingerprint density at radius 1 is 1.18 bits per heavy atom. The molecule has 0 aromatic carbocycles. The van der Waals surface area contributed by atoms with Crippen molar-refractivity contribution in [1.29, 1.82) is 0 Å². The minimum absolute atomic E-state index is 0.722. The van der Waals surface area contributed by atoms with E-state index in [1.54, 1.807) is 0 Å². The molecule has 2 bridgehead atoms. The fourth-order valence-corrected chi connectivity index (χ4v) is 3.51. The topological polar surface area (TPSA) is 0 Å². The van der Waals surface area contributed by atoms with E-state index in [2.05, 4.69) is 13.8 Å². The van der Waals surface area contributed by atoms with Crippen molar-refractivity contribution in [2.45, 2.75) is 38.4 Å². The van der Waals surface area contributed by atoms with Gasteiger partial charge in [0.1, 0.15) is 0 Å². The zero-order chi connectivity index (χ0) is 8.01. The van der Waals surface area contributed by atoms with Crippen molar-refractivity contribution in [3.05, 3.63) is 0 Å². The predicted molar refractivity (Wildman–Crippen MR) is 51.9 cm³/mol. The van der Waals surface area contributed by atoms with Crippen molar-refractivity contribution in [2.75, 3.05) is 0 Å². The number of hydrogen-bond donors (Lipinski definition) is 1. The Balaban J connectivity index is 2.01. The van der Waals surface area contributed by atoms with Crippen LogP contribution in [0.4, 0.5) is 0 Å². The second-order valence-corrected chi connectivity index (χ2v) is 5.33. The van der Waals surface area contributed by atoms with Gasteiger partial charge in [-0.05, 0) is 42.9 Å². The maximum absolute atomic E-state index is 4.73. The molecule has 0 heterocycles. The van der Waals surface area contributed by atoms with Gasteiger partial charge in [-0.2, -0.15) is 12.6 Å². The Labute approximate surface area is 75.2 Å². The number of fused-ring (bicyclic) bond motifs is 2. The largest absolute Gasteiger partial charge is 0.175 e. The van der Waals surface area contributed by atoms with Gasteiger partial charge in [0, 0.05) is 5.25 Å². The zero-order valence-electron chi connectivity index (χ0n) is 7.46. The van der Waals surface area contributed by atoms with Gasteiger partial charge in [-0.15, -0.1) is 0 Å². The summed E-state index contributed by atoms with van der Waals surface area (Å²) in [4.78, 5) is 0. The van der Waals surface area contributed by atoms with Gasteiger partial charge in [-0.25, -0.2) is 0 Å². The standard InChI is InChI=1S/C10H18S/c1-6(2)9-5-7-3-8(4-7)10(9)11/h6-11H,3-5H2,1-2H3/t7?,8?,9?,10-/m0/s1. The van der Waals surface area contributed by atoms with Crippen LogP contribution in [0.1, 0.15) is 33.1 Å². The van der Waals surface area contributed by atoms with Gasteiger partial charge in [0.15, 0.2) is 0 Å². The third-order valence-corrected chi connectivity index (χ3v) is 4.46. The fraction of sp³-hybridized carbons (Fsp3) is 1.00. The molecule has 11 heavy (non-hydrogen) atoms. The smallest absolute Gasteiger partial charge is 0.00760 e. The highest BCUT2D eigenvalue weighted by Crippen LogP contribution is 2.52. The molecule has 3 rings (SSSR count). The lowest BCUT2D eigenvalue weighted by atomic mass is 9.59. The molecule has 3 fully saturated rings. The molecule has 0 saturated heterocycles. The molecule has 2 atom stereocenters. The molecule has 0 amide bonds. The molecule has 64 valence electrons. The SMILES string of the molecule is CC(C)C1CC2CC(C2)[C@@H]1S. The minimum Gasteiger partial charge on any atom is -0.175 e. The van der Waals surface area contributed by atoms with Gasteiger partial charge in [0.2, 0.25) is 0 Å². The van der Waals surface area contributed by atoms with Crippen LogP contribution < -0.4 is 0 Å². The summed E-state index contributed by atoms with van der Waals surface area (Å²) in [5, 5.41) is 0.722. The van der Waals surface area contributed by atoms with Crippen LogP contribution in [0.15, 0.2) is 0 Å². The number of rotatable bonds is 1. The first kappa shape index (κ1) is 7.97. The molecule has 1 unspecified atom stereocenters. The first-order valence-corrected chi connectivity index (χ1v) is 5.38. The van der Waals surface area contributed by atoms with Crippen LogP contribution in [0.2, 0.25) is 0 Å². The van der Waals surface area contributed by atoms with Crippen LogP contribution >= 0.6 is 12.6 Å². The van der Waals surface area contributed by atoms with E-state index in [0.717, 1.165) is 28.9 Å². The van der Waals surface area contributed by atoms with Crippen molar-refractivity contribution in [1.82, 2.24) is 0 Å². The molecule has 0 aromatic heterocycles. The Kier molecular flexibility index (Phi) is 1.95. The van der Waals surface area contributed by atoms with Crippen molar-refractivity contribution in [2.24, 2.45) is 23.7 Å². The average Bonchev–Trinajstić information content (AvgIpc) is 1.84. The van der Waals surface area contributed by atoms with E-state index >= 15 is 0 Å². The molecule has 0 nitrogen and oxygen atoms in total. The molecule has 0 N–H and O–H groups in total. The highest BCUT2D eigenvalue weighted by molar-refractivity contribution is 7.81. The number of hydrogen-bond acceptors (Lipinski definition) is 1. The summed E-state index contributed by atoms with van der Waals surface area (Å²) in [7, 11) is 0. The summed E-state index contributed by atoms with van der Waals surface area (Å²) >= 11 is 4.73. The normalized spacial score (nSPS) is 49.1. The Morgan fingerprint density at radius 3 is 2.18 bits per heavy atom. The van der Waals surface area contributed by atoms with Crippen LogP contribution in [0.5, 0.6) is 0 Å². The summed E-state index contributed by atoms with van der Waals surface area (Å²) < 4.78 is 0. The second-order valence-electron chi connectivity index (χ2n) is 4.73. The van der Waals surface area contributed by atoms with E-state index in [-0.39, 0.29) is 0 Å². The minimum atomic E-state index is 0.722. The van der Waals surface area contributed by atoms with Crippen LogP contribution in [-0.2, 0) is 0 Å². The second kappa shape index (κ2) is 2.69. The summed E-state index contributed by atoms with van der Waals surface area (Å²) in [6.45, 7) is 4.69. The van der Waals surface area contributed by atoms with Crippen LogP contribution in [0, 0.1) is 23.7 Å². The van der Waals surface area contributed by atoms with Crippen molar-refractivity contribution in [3.8, 4) is 0 Å². The maximum Gasteiger partial charge on any atom is 0.00760 e. The first-order valence-electron chi connectivity index (χ1n) is 4.86. The van der Waals surface area contributed by atoms with Crippen molar-refractivity contribution >= 4 is 12.6 Å². The predicted octanol–water partition coefficient (Wildman–Crippen LogP) is 2.99. The summed E-state index contributed by atoms with van der Waals surface area (Å²) in [5.74, 6) is 3.82. The first-order chi connectivity index (χ1) is 5.18. The maximum atomic E-state index is 4.73. The van der Waals surface area contributed by atoms with Crippen molar-refractivity contribution < 1.29 is 0 Å². The van der Waals surface area contributed by atoms with E-state index in [9.17, 15) is 0 Å². The Morgan fingerprint density at radius 2 is 1.82 bits per heavy atom. The summed E-state index contributed by atoms with van der Waals surface area (Å²) in [6, 6.07) is 0. The van der Waals surface area contributed by atoms with Gasteiger partial charge < -0.3 is 0 Å². The van der Waals surface area contributed by atoms with Gasteiger partial charge in [0.25, 0.3) is 0 Å². The van der Waals surface area contributed by atoms with Gasteiger partial charge in [-0.1, -0.05) is 13.8 Å². The molecule has 0 aromatic rings. The van der Waals surface area contributed by atoms with Crippen molar-refractivity contribution in [3.63, 3.8) is 0 Å². The molecule has 0 aliphatic heterocycles. The lowest BCUT2D eigenvalue weighted by Gasteiger charge is -2.50. The van der Waals surface area contributed by atoms with Gasteiger partial charge in [0.05, 0.1) is 0 Å². The quantitative estimate of drug-likeness (QED) is 0.575. The lowest BCUT2D eigenvalue weighted by molar-refractivity contribution is 0.0563. The highest BCUT2D eigenvalue weighted by atomic mass is 32.1. The van der Waals surface area contributed by atoms with E-state index in [0.29, 0.717) is 0 Å². The molecule has 3 saturated carbocycles. The van der Waals surface area contributed by atoms with E-state index < -0.39 is 0 Å². The molecular weight excluding hydrogens is 152 g/mol. The third-order valence-electron chi connectivity index (χ3n) is 3.66. The molecule has 3 aliphatic rings. The average molecular weight is 170 g/mol. The number of thiol groups is 1. The third kappa shape index (κ3) is 1.22. The van der Waals surface area contributed by atoms with E-state index in [1.165, 1.54) is 19.3 Å². The van der Waals surface area contributed by atoms with Crippen LogP contribution in [0.3, 0.4) is 0 Å². The molecule has 1 heteroatoms. The molecule has 3 aliphatic carbocycles. The van der Waals surface area contributed by atoms with Gasteiger partial charge >= 0.3 is 0 Å². The fourth-order valence-electron chi connectivity index (χ4n) is 2.80. The molecular formula is C10H18S. The van der Waals surface area contributed by atoms with Crippen LogP contribution in [0.25, 0.3) is 0 Å². The Bertz CT molecular complexity index is 147. The zero-order valence-corrected chi connectivity index (χ0v) is 8.35. The monoisotopic (exact) mass is 170 g/mol. The highest BCUT2D eigenvalue weighted by Gasteiger charge is 2.44. The van der Waals surface area contributed by atoms with E-state index in [1.807, 2.05) is 0 Å². The summed E-state index contributed by atoms with van der Waals surface area (Å²) in [6.07, 6.45) is 4.43. The summed E-state index contributed by atoms with van der Waals surface area (Å²) in [5.41, 5.74) is 0. The lowest BCUT2D eigenvalue weighted by Crippen LogP contribution is -2.44. The molecule has 0 radical (unpaired) electrons. The van der Waals surface area contributed by atoms with Crippen LogP contribution in [-0.4, -0.2) is 5.25 Å².